The van der Waals surface area contributed by atoms with Crippen molar-refractivity contribution in [3.05, 3.63) is 34.3 Å². The summed E-state index contributed by atoms with van der Waals surface area (Å²) >= 11 is 1.43. The molecule has 0 atom stereocenters. The van der Waals surface area contributed by atoms with E-state index in [2.05, 4.69) is 22.4 Å². The smallest absolute Gasteiger partial charge is 0.257 e. The monoisotopic (exact) mass is 340 g/mol. The van der Waals surface area contributed by atoms with Crippen molar-refractivity contribution < 1.29 is 4.79 Å². The Balaban J connectivity index is 0.00000242. The third-order valence-electron chi connectivity index (χ3n) is 3.19. The fourth-order valence-electron chi connectivity index (χ4n) is 1.98. The molecule has 5 nitrogen and oxygen atoms in total. The number of aryl methyl sites for hydroxylation is 2. The van der Waals surface area contributed by atoms with Gasteiger partial charge in [-0.05, 0) is 31.0 Å². The van der Waals surface area contributed by atoms with Gasteiger partial charge in [0.25, 0.3) is 5.91 Å². The van der Waals surface area contributed by atoms with Gasteiger partial charge < -0.3 is 5.73 Å². The Bertz CT molecular complexity index is 630. The van der Waals surface area contributed by atoms with E-state index >= 15 is 0 Å². The first kappa shape index (κ1) is 18.4. The quantitative estimate of drug-likeness (QED) is 0.618. The van der Waals surface area contributed by atoms with Crippen LogP contribution in [0.4, 0.5) is 10.8 Å². The lowest BCUT2D eigenvalue weighted by atomic mass is 10.1. The number of amides is 1. The van der Waals surface area contributed by atoms with E-state index in [0.29, 0.717) is 16.4 Å². The molecule has 120 valence electrons. The first-order chi connectivity index (χ1) is 10.1. The van der Waals surface area contributed by atoms with Crippen molar-refractivity contribution in [3.63, 3.8) is 0 Å². The molecule has 1 aromatic heterocycles. The summed E-state index contributed by atoms with van der Waals surface area (Å²) in [6.45, 7) is 4.05. The molecule has 0 radical (unpaired) electrons. The minimum atomic E-state index is -0.198. The van der Waals surface area contributed by atoms with Gasteiger partial charge in [-0.25, -0.2) is 0 Å². The number of carbonyl (C=O) groups is 1. The molecule has 0 saturated carbocycles. The molecule has 1 aromatic carbocycles. The molecule has 2 aromatic rings. The zero-order valence-corrected chi connectivity index (χ0v) is 14.4. The highest BCUT2D eigenvalue weighted by molar-refractivity contribution is 7.15. The second-order valence-electron chi connectivity index (χ2n) is 4.99. The minimum Gasteiger partial charge on any atom is -0.399 e. The maximum atomic E-state index is 12.2. The number of hydrogen-bond donors (Lipinski definition) is 2. The van der Waals surface area contributed by atoms with Crippen molar-refractivity contribution in [2.24, 2.45) is 0 Å². The van der Waals surface area contributed by atoms with Crippen molar-refractivity contribution >= 4 is 40.5 Å². The molecule has 0 aliphatic carbocycles. The highest BCUT2D eigenvalue weighted by Crippen LogP contribution is 2.20. The van der Waals surface area contributed by atoms with Gasteiger partial charge in [0.05, 0.1) is 0 Å². The van der Waals surface area contributed by atoms with E-state index in [1.165, 1.54) is 24.2 Å². The largest absolute Gasteiger partial charge is 0.399 e. The fraction of sp³-hybridized carbons (Fsp3) is 0.400. The average Bonchev–Trinajstić information content (AvgIpc) is 2.89. The van der Waals surface area contributed by atoms with Crippen LogP contribution in [0.1, 0.15) is 47.1 Å². The number of aromatic nitrogens is 2. The summed E-state index contributed by atoms with van der Waals surface area (Å²) < 4.78 is 0. The van der Waals surface area contributed by atoms with Crippen LogP contribution < -0.4 is 11.1 Å². The van der Waals surface area contributed by atoms with E-state index in [4.69, 9.17) is 5.73 Å². The van der Waals surface area contributed by atoms with E-state index in [1.807, 2.05) is 13.0 Å². The van der Waals surface area contributed by atoms with Crippen LogP contribution in [0.3, 0.4) is 0 Å². The fourth-order valence-corrected chi connectivity index (χ4v) is 2.76. The predicted molar refractivity (Wildman–Crippen MR) is 93.9 cm³/mol. The molecule has 3 N–H and O–H groups in total. The summed E-state index contributed by atoms with van der Waals surface area (Å²) in [6.07, 6.45) is 4.38. The van der Waals surface area contributed by atoms with Crippen molar-refractivity contribution in [1.82, 2.24) is 10.2 Å². The summed E-state index contributed by atoms with van der Waals surface area (Å²) in [4.78, 5) is 12.2. The highest BCUT2D eigenvalue weighted by Gasteiger charge is 2.12. The van der Waals surface area contributed by atoms with Crippen molar-refractivity contribution in [2.45, 2.75) is 39.5 Å². The van der Waals surface area contributed by atoms with Crippen LogP contribution in [-0.2, 0) is 6.42 Å². The summed E-state index contributed by atoms with van der Waals surface area (Å²) in [5.74, 6) is -0.198. The van der Waals surface area contributed by atoms with Gasteiger partial charge in [-0.2, -0.15) is 0 Å². The lowest BCUT2D eigenvalue weighted by Crippen LogP contribution is -2.13. The lowest BCUT2D eigenvalue weighted by molar-refractivity contribution is 0.102. The lowest BCUT2D eigenvalue weighted by Gasteiger charge is -2.05. The standard InChI is InChI=1S/C15H20N4OS.ClH/c1-3-4-5-6-13-18-19-15(21-13)17-14(20)12-9-11(16)8-7-10(12)2;/h7-9H,3-6,16H2,1-2H3,(H,17,19,20);1H. The Kier molecular flexibility index (Phi) is 7.27. The SMILES string of the molecule is CCCCCc1nnc(NC(=O)c2cc(N)ccc2C)s1.Cl. The molecule has 7 heteroatoms. The average molecular weight is 341 g/mol. The number of nitrogen functional groups attached to an aromatic ring is 1. The molecule has 0 bridgehead atoms. The van der Waals surface area contributed by atoms with Crippen molar-refractivity contribution in [1.29, 1.82) is 0 Å². The Hall–Kier alpha value is -1.66. The van der Waals surface area contributed by atoms with Gasteiger partial charge in [-0.3, -0.25) is 10.1 Å². The van der Waals surface area contributed by atoms with E-state index in [9.17, 15) is 4.79 Å². The van der Waals surface area contributed by atoms with Crippen LogP contribution >= 0.6 is 23.7 Å². The molecule has 0 fully saturated rings. The van der Waals surface area contributed by atoms with Crippen LogP contribution in [0, 0.1) is 6.92 Å². The Morgan fingerprint density at radius 1 is 1.32 bits per heavy atom. The molecular weight excluding hydrogens is 320 g/mol. The Labute approximate surface area is 140 Å². The molecule has 0 aliphatic heterocycles. The van der Waals surface area contributed by atoms with Gasteiger partial charge in [0.15, 0.2) is 0 Å². The number of nitrogens with two attached hydrogens (primary N) is 1. The zero-order valence-electron chi connectivity index (χ0n) is 12.8. The summed E-state index contributed by atoms with van der Waals surface area (Å²) in [7, 11) is 0. The van der Waals surface area contributed by atoms with Crippen molar-refractivity contribution in [2.75, 3.05) is 11.1 Å². The number of carbonyl (C=O) groups excluding carboxylic acids is 1. The second-order valence-corrected chi connectivity index (χ2v) is 6.05. The number of rotatable bonds is 6. The van der Waals surface area contributed by atoms with Crippen LogP contribution in [0.25, 0.3) is 0 Å². The van der Waals surface area contributed by atoms with Gasteiger partial charge in [0.1, 0.15) is 5.01 Å². The van der Waals surface area contributed by atoms with E-state index in [1.54, 1.807) is 12.1 Å². The molecule has 2 rings (SSSR count). The number of benzene rings is 1. The normalized spacial score (nSPS) is 10.1. The molecule has 0 saturated heterocycles. The predicted octanol–water partition coefficient (Wildman–Crippen LogP) is 3.84. The third-order valence-corrected chi connectivity index (χ3v) is 4.09. The maximum Gasteiger partial charge on any atom is 0.257 e. The van der Waals surface area contributed by atoms with Crippen LogP contribution in [0.15, 0.2) is 18.2 Å². The van der Waals surface area contributed by atoms with Gasteiger partial charge in [0, 0.05) is 17.7 Å². The number of nitrogens with one attached hydrogen (secondary N) is 1. The molecule has 0 spiro atoms. The summed E-state index contributed by atoms with van der Waals surface area (Å²) in [5, 5.41) is 12.4. The number of nitrogens with zero attached hydrogens (tertiary/aromatic N) is 2. The molecule has 22 heavy (non-hydrogen) atoms. The number of unbranched alkanes of at least 4 members (excludes halogenated alkanes) is 2. The van der Waals surface area contributed by atoms with Crippen LogP contribution in [-0.4, -0.2) is 16.1 Å². The third kappa shape index (κ3) is 4.96. The Morgan fingerprint density at radius 2 is 2.09 bits per heavy atom. The minimum absolute atomic E-state index is 0. The first-order valence-electron chi connectivity index (χ1n) is 7.10. The molecule has 0 unspecified atom stereocenters. The number of hydrogen-bond acceptors (Lipinski definition) is 5. The van der Waals surface area contributed by atoms with Gasteiger partial charge in [-0.1, -0.05) is 37.2 Å². The van der Waals surface area contributed by atoms with Gasteiger partial charge in [0.2, 0.25) is 5.13 Å². The molecule has 1 heterocycles. The van der Waals surface area contributed by atoms with Crippen LogP contribution in [0.2, 0.25) is 0 Å². The van der Waals surface area contributed by atoms with E-state index in [0.717, 1.165) is 23.4 Å². The van der Waals surface area contributed by atoms with Crippen molar-refractivity contribution in [3.8, 4) is 0 Å². The molecule has 0 aliphatic rings. The topological polar surface area (TPSA) is 80.9 Å². The maximum absolute atomic E-state index is 12.2. The zero-order chi connectivity index (χ0) is 15.2. The van der Waals surface area contributed by atoms with Gasteiger partial charge >= 0.3 is 0 Å². The highest BCUT2D eigenvalue weighted by atomic mass is 35.5. The molecular formula is C15H21ClN4OS. The summed E-state index contributed by atoms with van der Waals surface area (Å²) in [5.41, 5.74) is 7.75. The first-order valence-corrected chi connectivity index (χ1v) is 7.91. The number of halogens is 1. The Morgan fingerprint density at radius 3 is 2.82 bits per heavy atom. The van der Waals surface area contributed by atoms with E-state index in [-0.39, 0.29) is 18.3 Å². The molecule has 1 amide bonds. The van der Waals surface area contributed by atoms with E-state index < -0.39 is 0 Å². The van der Waals surface area contributed by atoms with Gasteiger partial charge in [-0.15, -0.1) is 22.6 Å². The second kappa shape index (κ2) is 8.70. The van der Waals surface area contributed by atoms with Crippen LogP contribution in [0.5, 0.6) is 0 Å². The number of anilines is 2. The summed E-state index contributed by atoms with van der Waals surface area (Å²) in [6, 6.07) is 5.29.